The quantitative estimate of drug-likeness (QED) is 0.623. The molecule has 0 aliphatic heterocycles. The first kappa shape index (κ1) is 14.7. The summed E-state index contributed by atoms with van der Waals surface area (Å²) in [5, 5.41) is 2.88. The Hall–Kier alpha value is -1.69. The van der Waals surface area contributed by atoms with Gasteiger partial charge >= 0.3 is 0 Å². The second-order valence-electron chi connectivity index (χ2n) is 3.96. The lowest BCUT2D eigenvalue weighted by Gasteiger charge is -2.11. The normalized spacial score (nSPS) is 10.8. The minimum atomic E-state index is -2.53. The van der Waals surface area contributed by atoms with Gasteiger partial charge in [0, 0.05) is 28.8 Å². The van der Waals surface area contributed by atoms with Crippen LogP contribution < -0.4 is 5.32 Å². The number of alkyl halides is 2. The number of benzene rings is 2. The van der Waals surface area contributed by atoms with Crippen molar-refractivity contribution in [3.05, 3.63) is 59.7 Å². The van der Waals surface area contributed by atoms with Crippen molar-refractivity contribution in [1.29, 1.82) is 0 Å². The fraction of sp³-hybridized carbons (Fsp3) is 0.143. The Bertz CT molecular complexity index is 589. The molecule has 20 heavy (non-hydrogen) atoms. The molecule has 0 saturated heterocycles. The van der Waals surface area contributed by atoms with Crippen LogP contribution in [0.5, 0.6) is 0 Å². The molecule has 2 aromatic rings. The molecule has 0 spiro atoms. The summed E-state index contributed by atoms with van der Waals surface area (Å²) in [5.74, 6) is -3.85. The van der Waals surface area contributed by atoms with Crippen molar-refractivity contribution in [3.63, 3.8) is 0 Å². The highest BCUT2D eigenvalue weighted by molar-refractivity contribution is 7.99. The third-order valence-corrected chi connectivity index (χ3v) is 3.38. The zero-order chi connectivity index (χ0) is 14.5. The number of halogens is 4. The Labute approximate surface area is 118 Å². The number of nitrogens with one attached hydrogen (secondary N) is 1. The Morgan fingerprint density at radius 1 is 1.05 bits per heavy atom. The summed E-state index contributed by atoms with van der Waals surface area (Å²) in [5.41, 5.74) is 0.754. The van der Waals surface area contributed by atoms with Gasteiger partial charge in [-0.3, -0.25) is 0 Å². The van der Waals surface area contributed by atoms with E-state index in [0.29, 0.717) is 22.3 Å². The van der Waals surface area contributed by atoms with Gasteiger partial charge in [0.15, 0.2) is 0 Å². The largest absolute Gasteiger partial charge is 0.380 e. The predicted octanol–water partition coefficient (Wildman–Crippen LogP) is 4.89. The van der Waals surface area contributed by atoms with Crippen molar-refractivity contribution in [2.24, 2.45) is 0 Å². The van der Waals surface area contributed by atoms with Gasteiger partial charge in [-0.2, -0.15) is 8.78 Å². The molecule has 2 aromatic carbocycles. The van der Waals surface area contributed by atoms with Gasteiger partial charge in [0.25, 0.3) is 5.76 Å². The van der Waals surface area contributed by atoms with Crippen molar-refractivity contribution in [2.75, 3.05) is 5.32 Å². The van der Waals surface area contributed by atoms with Gasteiger partial charge in [-0.05, 0) is 18.2 Å². The molecule has 0 atom stereocenters. The lowest BCUT2D eigenvalue weighted by Crippen LogP contribution is -2.03. The second kappa shape index (κ2) is 6.65. The number of rotatable bonds is 5. The summed E-state index contributed by atoms with van der Waals surface area (Å²) in [6.07, 6.45) is 0. The summed E-state index contributed by atoms with van der Waals surface area (Å²) >= 11 is 0.417. The van der Waals surface area contributed by atoms with Crippen LogP contribution in [0, 0.1) is 11.6 Å². The highest BCUT2D eigenvalue weighted by Gasteiger charge is 2.10. The van der Waals surface area contributed by atoms with E-state index >= 15 is 0 Å². The Morgan fingerprint density at radius 3 is 2.50 bits per heavy atom. The third-order valence-electron chi connectivity index (χ3n) is 2.59. The second-order valence-corrected chi connectivity index (χ2v) is 5.00. The van der Waals surface area contributed by atoms with E-state index in [1.54, 1.807) is 24.3 Å². The first-order chi connectivity index (χ1) is 9.56. The maximum absolute atomic E-state index is 13.5. The summed E-state index contributed by atoms with van der Waals surface area (Å²) in [4.78, 5) is 0.380. The fourth-order valence-electron chi connectivity index (χ4n) is 1.67. The number of anilines is 1. The van der Waals surface area contributed by atoms with Crippen LogP contribution in [0.4, 0.5) is 23.2 Å². The molecule has 0 amide bonds. The van der Waals surface area contributed by atoms with Crippen LogP contribution >= 0.6 is 11.8 Å². The molecule has 0 aromatic heterocycles. The van der Waals surface area contributed by atoms with Crippen LogP contribution in [0.1, 0.15) is 5.56 Å². The monoisotopic (exact) mass is 301 g/mol. The van der Waals surface area contributed by atoms with E-state index in [9.17, 15) is 17.6 Å². The van der Waals surface area contributed by atoms with Crippen molar-refractivity contribution >= 4 is 17.4 Å². The van der Waals surface area contributed by atoms with Gasteiger partial charge in [-0.25, -0.2) is 8.78 Å². The molecule has 0 saturated carbocycles. The molecule has 0 radical (unpaired) electrons. The molecule has 6 heteroatoms. The highest BCUT2D eigenvalue weighted by atomic mass is 32.2. The molecular formula is C14H11F4NS. The van der Waals surface area contributed by atoms with Crippen LogP contribution in [0.15, 0.2) is 47.4 Å². The zero-order valence-corrected chi connectivity index (χ0v) is 11.1. The Morgan fingerprint density at radius 2 is 1.80 bits per heavy atom. The molecule has 0 unspecified atom stereocenters. The van der Waals surface area contributed by atoms with E-state index in [1.807, 2.05) is 0 Å². The molecule has 2 rings (SSSR count). The SMILES string of the molecule is Fc1ccc(CNc2ccccc2SC(F)F)c(F)c1. The molecule has 0 aliphatic carbocycles. The summed E-state index contributed by atoms with van der Waals surface area (Å²) < 4.78 is 51.0. The van der Waals surface area contributed by atoms with Crippen molar-refractivity contribution in [3.8, 4) is 0 Å². The van der Waals surface area contributed by atoms with Crippen LogP contribution in [-0.4, -0.2) is 5.76 Å². The zero-order valence-electron chi connectivity index (χ0n) is 10.2. The molecule has 0 heterocycles. The standard InChI is InChI=1S/C14H11F4NS/c15-10-6-5-9(11(16)7-10)8-19-12-3-1-2-4-13(12)20-14(17)18/h1-7,14,19H,8H2. The number of hydrogen-bond donors (Lipinski definition) is 1. The van der Waals surface area contributed by atoms with E-state index < -0.39 is 17.4 Å². The van der Waals surface area contributed by atoms with Gasteiger partial charge in [0.2, 0.25) is 0 Å². The predicted molar refractivity (Wildman–Crippen MR) is 72.0 cm³/mol. The first-order valence-electron chi connectivity index (χ1n) is 5.78. The maximum atomic E-state index is 13.5. The Kier molecular flexibility index (Phi) is 4.89. The molecule has 1 N–H and O–H groups in total. The van der Waals surface area contributed by atoms with Crippen molar-refractivity contribution in [1.82, 2.24) is 0 Å². The number of thioether (sulfide) groups is 1. The first-order valence-corrected chi connectivity index (χ1v) is 6.66. The molecule has 0 bridgehead atoms. The summed E-state index contributed by atoms with van der Waals surface area (Å²) in [6.45, 7) is 0.0902. The minimum Gasteiger partial charge on any atom is -0.380 e. The van der Waals surface area contributed by atoms with E-state index in [1.165, 1.54) is 6.07 Å². The molecular weight excluding hydrogens is 290 g/mol. The van der Waals surface area contributed by atoms with E-state index in [-0.39, 0.29) is 12.1 Å². The molecule has 0 aliphatic rings. The summed E-state index contributed by atoms with van der Waals surface area (Å²) in [6, 6.07) is 9.79. The lowest BCUT2D eigenvalue weighted by molar-refractivity contribution is 0.252. The maximum Gasteiger partial charge on any atom is 0.288 e. The fourth-order valence-corrected chi connectivity index (χ4v) is 2.28. The van der Waals surface area contributed by atoms with Crippen molar-refractivity contribution in [2.45, 2.75) is 17.2 Å². The lowest BCUT2D eigenvalue weighted by atomic mass is 10.2. The van der Waals surface area contributed by atoms with E-state index in [2.05, 4.69) is 5.32 Å². The van der Waals surface area contributed by atoms with Gasteiger partial charge in [0.05, 0.1) is 0 Å². The molecule has 1 nitrogen and oxygen atoms in total. The minimum absolute atomic E-state index is 0.0902. The smallest absolute Gasteiger partial charge is 0.288 e. The van der Waals surface area contributed by atoms with Gasteiger partial charge in [0.1, 0.15) is 11.6 Å². The van der Waals surface area contributed by atoms with E-state index in [4.69, 9.17) is 0 Å². The van der Waals surface area contributed by atoms with E-state index in [0.717, 1.165) is 12.1 Å². The van der Waals surface area contributed by atoms with Crippen LogP contribution in [0.3, 0.4) is 0 Å². The molecule has 0 fully saturated rings. The third kappa shape index (κ3) is 3.90. The van der Waals surface area contributed by atoms with Crippen LogP contribution in [0.25, 0.3) is 0 Å². The average Bonchev–Trinajstić information content (AvgIpc) is 2.39. The number of para-hydroxylation sites is 1. The van der Waals surface area contributed by atoms with Crippen LogP contribution in [-0.2, 0) is 6.54 Å². The van der Waals surface area contributed by atoms with Gasteiger partial charge in [-0.15, -0.1) is 0 Å². The van der Waals surface area contributed by atoms with Gasteiger partial charge in [-0.1, -0.05) is 30.0 Å². The number of hydrogen-bond acceptors (Lipinski definition) is 2. The summed E-state index contributed by atoms with van der Waals surface area (Å²) in [7, 11) is 0. The van der Waals surface area contributed by atoms with Crippen molar-refractivity contribution < 1.29 is 17.6 Å². The topological polar surface area (TPSA) is 12.0 Å². The highest BCUT2D eigenvalue weighted by Crippen LogP contribution is 2.31. The molecule has 106 valence electrons. The van der Waals surface area contributed by atoms with Gasteiger partial charge < -0.3 is 5.32 Å². The van der Waals surface area contributed by atoms with Crippen LogP contribution in [0.2, 0.25) is 0 Å². The average molecular weight is 301 g/mol. The Balaban J connectivity index is 2.10.